The molecule has 1 fully saturated rings. The molecule has 0 bridgehead atoms. The second-order valence-corrected chi connectivity index (χ2v) is 7.88. The Bertz CT molecular complexity index is 1120. The molecule has 0 saturated carbocycles. The van der Waals surface area contributed by atoms with E-state index in [1.54, 1.807) is 12.1 Å². The molecular formula is C24H25N7O. The molecule has 8 nitrogen and oxygen atoms in total. The zero-order chi connectivity index (χ0) is 21.8. The van der Waals surface area contributed by atoms with Crippen LogP contribution in [-0.2, 0) is 6.54 Å². The van der Waals surface area contributed by atoms with Crippen molar-refractivity contribution >= 4 is 5.69 Å². The van der Waals surface area contributed by atoms with Gasteiger partial charge in [-0.25, -0.2) is 4.68 Å². The highest BCUT2D eigenvalue weighted by atomic mass is 16.3. The van der Waals surface area contributed by atoms with Crippen molar-refractivity contribution in [2.45, 2.75) is 12.6 Å². The van der Waals surface area contributed by atoms with Crippen LogP contribution < -0.4 is 4.90 Å². The third-order valence-electron chi connectivity index (χ3n) is 5.84. The maximum atomic E-state index is 9.58. The fourth-order valence-corrected chi connectivity index (χ4v) is 4.20. The average Bonchev–Trinajstić information content (AvgIpc) is 3.29. The topological polar surface area (TPSA) is 83.2 Å². The molecule has 1 saturated heterocycles. The number of phenols is 1. The van der Waals surface area contributed by atoms with Gasteiger partial charge in [0.1, 0.15) is 11.8 Å². The van der Waals surface area contributed by atoms with Gasteiger partial charge < -0.3 is 10.0 Å². The molecule has 162 valence electrons. The van der Waals surface area contributed by atoms with Crippen LogP contribution in [0.3, 0.4) is 0 Å². The average molecular weight is 428 g/mol. The van der Waals surface area contributed by atoms with Crippen LogP contribution >= 0.6 is 0 Å². The second-order valence-electron chi connectivity index (χ2n) is 7.88. The van der Waals surface area contributed by atoms with Crippen LogP contribution in [0.2, 0.25) is 0 Å². The number of anilines is 1. The summed E-state index contributed by atoms with van der Waals surface area (Å²) < 4.78 is 1.88. The van der Waals surface area contributed by atoms with Crippen molar-refractivity contribution in [3.8, 4) is 5.75 Å². The third kappa shape index (κ3) is 4.31. The van der Waals surface area contributed by atoms with E-state index in [0.29, 0.717) is 6.54 Å². The highest BCUT2D eigenvalue weighted by Crippen LogP contribution is 2.28. The van der Waals surface area contributed by atoms with Gasteiger partial charge >= 0.3 is 0 Å². The molecule has 32 heavy (non-hydrogen) atoms. The molecule has 8 heteroatoms. The summed E-state index contributed by atoms with van der Waals surface area (Å²) in [6.45, 7) is 4.04. The molecule has 1 unspecified atom stereocenters. The lowest BCUT2D eigenvalue weighted by atomic mass is 10.1. The van der Waals surface area contributed by atoms with Gasteiger partial charge in [0.2, 0.25) is 0 Å². The van der Waals surface area contributed by atoms with Gasteiger partial charge in [-0.3, -0.25) is 9.88 Å². The largest absolute Gasteiger partial charge is 0.508 e. The van der Waals surface area contributed by atoms with E-state index in [-0.39, 0.29) is 11.8 Å². The first-order valence-corrected chi connectivity index (χ1v) is 10.8. The van der Waals surface area contributed by atoms with Gasteiger partial charge in [0.25, 0.3) is 0 Å². The predicted octanol–water partition coefficient (Wildman–Crippen LogP) is 2.73. The summed E-state index contributed by atoms with van der Waals surface area (Å²) in [5.74, 6) is 1.08. The van der Waals surface area contributed by atoms with E-state index < -0.39 is 0 Å². The summed E-state index contributed by atoms with van der Waals surface area (Å²) in [5.41, 5.74) is 3.21. The number of tetrazole rings is 1. The van der Waals surface area contributed by atoms with Gasteiger partial charge in [0.05, 0.1) is 12.2 Å². The number of rotatable bonds is 6. The van der Waals surface area contributed by atoms with Crippen molar-refractivity contribution in [1.82, 2.24) is 30.1 Å². The second kappa shape index (κ2) is 9.15. The van der Waals surface area contributed by atoms with Gasteiger partial charge in [-0.2, -0.15) is 0 Å². The molecule has 5 rings (SSSR count). The zero-order valence-electron chi connectivity index (χ0n) is 17.7. The molecule has 1 N–H and O–H groups in total. The van der Waals surface area contributed by atoms with E-state index in [9.17, 15) is 5.11 Å². The Kier molecular flexibility index (Phi) is 5.76. The third-order valence-corrected chi connectivity index (χ3v) is 5.84. The van der Waals surface area contributed by atoms with Crippen molar-refractivity contribution in [2.24, 2.45) is 0 Å². The molecule has 1 aliphatic rings. The first-order valence-electron chi connectivity index (χ1n) is 10.8. The van der Waals surface area contributed by atoms with E-state index in [0.717, 1.165) is 48.9 Å². The zero-order valence-corrected chi connectivity index (χ0v) is 17.7. The van der Waals surface area contributed by atoms with Crippen LogP contribution in [0.1, 0.15) is 23.1 Å². The lowest BCUT2D eigenvalue weighted by Gasteiger charge is -2.39. The molecule has 1 atom stereocenters. The fraction of sp³-hybridized carbons (Fsp3) is 0.250. The molecule has 3 heterocycles. The first-order chi connectivity index (χ1) is 15.8. The van der Waals surface area contributed by atoms with E-state index in [2.05, 4.69) is 42.4 Å². The van der Waals surface area contributed by atoms with Crippen LogP contribution in [-0.4, -0.2) is 61.4 Å². The summed E-state index contributed by atoms with van der Waals surface area (Å²) in [7, 11) is 0. The number of benzene rings is 2. The van der Waals surface area contributed by atoms with Crippen LogP contribution in [0.5, 0.6) is 5.75 Å². The maximum absolute atomic E-state index is 9.58. The standard InChI is InChI=1S/C24H25N7O/c32-21-11-9-20(10-12-21)29-14-16-30(17-15-29)23(22-8-4-5-13-25-22)24-26-27-28-31(24)18-19-6-2-1-3-7-19/h1-13,23,32H,14-18H2. The van der Waals surface area contributed by atoms with Gasteiger partial charge in [-0.15, -0.1) is 5.10 Å². The number of hydrogen-bond acceptors (Lipinski definition) is 7. The number of piperazine rings is 1. The summed E-state index contributed by atoms with van der Waals surface area (Å²) in [4.78, 5) is 9.38. The van der Waals surface area contributed by atoms with Crippen LogP contribution in [0, 0.1) is 0 Å². The molecule has 0 aliphatic carbocycles. The minimum atomic E-state index is -0.128. The molecule has 4 aromatic rings. The Hall–Kier alpha value is -3.78. The Morgan fingerprint density at radius 2 is 1.59 bits per heavy atom. The molecule has 2 aromatic carbocycles. The highest BCUT2D eigenvalue weighted by molar-refractivity contribution is 5.49. The van der Waals surface area contributed by atoms with E-state index in [4.69, 9.17) is 0 Å². The first kappa shape index (κ1) is 20.1. The number of phenolic OH excluding ortho intramolecular Hbond substituents is 1. The fourth-order valence-electron chi connectivity index (χ4n) is 4.20. The van der Waals surface area contributed by atoms with E-state index in [1.165, 1.54) is 0 Å². The smallest absolute Gasteiger partial charge is 0.174 e. The Morgan fingerprint density at radius 3 is 2.31 bits per heavy atom. The Morgan fingerprint density at radius 1 is 0.844 bits per heavy atom. The van der Waals surface area contributed by atoms with Gasteiger partial charge in [0, 0.05) is 38.1 Å². The van der Waals surface area contributed by atoms with Crippen LogP contribution in [0.4, 0.5) is 5.69 Å². The lowest BCUT2D eigenvalue weighted by molar-refractivity contribution is 0.198. The van der Waals surface area contributed by atoms with Gasteiger partial charge in [-0.1, -0.05) is 36.4 Å². The van der Waals surface area contributed by atoms with Crippen LogP contribution in [0.25, 0.3) is 0 Å². The maximum Gasteiger partial charge on any atom is 0.174 e. The number of aromatic nitrogens is 5. The number of aromatic hydroxyl groups is 1. The molecule has 2 aromatic heterocycles. The molecule has 0 spiro atoms. The quantitative estimate of drug-likeness (QED) is 0.507. The van der Waals surface area contributed by atoms with Crippen molar-refractivity contribution in [3.05, 3.63) is 96.1 Å². The lowest BCUT2D eigenvalue weighted by Crippen LogP contribution is -2.48. The van der Waals surface area contributed by atoms with Crippen molar-refractivity contribution in [3.63, 3.8) is 0 Å². The monoisotopic (exact) mass is 427 g/mol. The molecule has 0 radical (unpaired) electrons. The van der Waals surface area contributed by atoms with Crippen molar-refractivity contribution in [1.29, 1.82) is 0 Å². The molecular weight excluding hydrogens is 402 g/mol. The number of hydrogen-bond donors (Lipinski definition) is 1. The highest BCUT2D eigenvalue weighted by Gasteiger charge is 2.31. The van der Waals surface area contributed by atoms with E-state index >= 15 is 0 Å². The summed E-state index contributed by atoms with van der Waals surface area (Å²) in [5, 5.41) is 22.3. The summed E-state index contributed by atoms with van der Waals surface area (Å²) in [6, 6.07) is 23.5. The summed E-state index contributed by atoms with van der Waals surface area (Å²) >= 11 is 0. The normalized spacial score (nSPS) is 15.6. The minimum Gasteiger partial charge on any atom is -0.508 e. The summed E-state index contributed by atoms with van der Waals surface area (Å²) in [6.07, 6.45) is 1.82. The molecule has 1 aliphatic heterocycles. The van der Waals surface area contributed by atoms with Crippen molar-refractivity contribution in [2.75, 3.05) is 31.1 Å². The van der Waals surface area contributed by atoms with Crippen LogP contribution in [0.15, 0.2) is 79.0 Å². The minimum absolute atomic E-state index is 0.128. The van der Waals surface area contributed by atoms with Gasteiger partial charge in [-0.05, 0) is 52.4 Å². The predicted molar refractivity (Wildman–Crippen MR) is 121 cm³/mol. The SMILES string of the molecule is Oc1ccc(N2CCN(C(c3ccccn3)c3nnnn3Cc3ccccc3)CC2)cc1. The number of pyridine rings is 1. The number of nitrogens with zero attached hydrogens (tertiary/aromatic N) is 7. The van der Waals surface area contributed by atoms with Crippen molar-refractivity contribution < 1.29 is 5.11 Å². The van der Waals surface area contributed by atoms with Gasteiger partial charge in [0.15, 0.2) is 5.82 Å². The molecule has 0 amide bonds. The Balaban J connectivity index is 1.40. The Labute approximate surface area is 186 Å². The van der Waals surface area contributed by atoms with E-state index in [1.807, 2.05) is 59.4 Å².